The van der Waals surface area contributed by atoms with Crippen molar-refractivity contribution in [2.24, 2.45) is 5.18 Å². The average molecular weight is 206 g/mol. The van der Waals surface area contributed by atoms with Crippen LogP contribution in [0.2, 0.25) is 0 Å². The third-order valence-electron chi connectivity index (χ3n) is 0.651. The van der Waals surface area contributed by atoms with E-state index in [0.717, 1.165) is 0 Å². The van der Waals surface area contributed by atoms with Crippen molar-refractivity contribution in [2.45, 2.75) is 12.2 Å². The van der Waals surface area contributed by atoms with E-state index in [-0.39, 0.29) is 0 Å². The van der Waals surface area contributed by atoms with Gasteiger partial charge in [0.05, 0.1) is 0 Å². The van der Waals surface area contributed by atoms with Crippen LogP contribution in [0.4, 0.5) is 13.2 Å². The fourth-order valence-electron chi connectivity index (χ4n) is 0.175. The molecule has 0 rings (SSSR count). The van der Waals surface area contributed by atoms with Crippen LogP contribution in [0.5, 0.6) is 0 Å². The largest absolute Gasteiger partial charge is 0.415 e. The van der Waals surface area contributed by atoms with Crippen molar-refractivity contribution in [3.8, 4) is 0 Å². The molecule has 0 radical (unpaired) electrons. The summed E-state index contributed by atoms with van der Waals surface area (Å²) in [5.74, 6) is 0. The van der Waals surface area contributed by atoms with Crippen molar-refractivity contribution >= 4 is 15.9 Å². The Bertz CT molecular complexity index is 104. The summed E-state index contributed by atoms with van der Waals surface area (Å²) in [6.45, 7) is 0. The molecule has 0 N–H and O–H groups in total. The lowest BCUT2D eigenvalue weighted by Gasteiger charge is -2.08. The van der Waals surface area contributed by atoms with E-state index in [1.54, 1.807) is 0 Å². The number of alkyl halides is 4. The van der Waals surface area contributed by atoms with Gasteiger partial charge in [-0.3, -0.25) is 0 Å². The maximum Gasteiger partial charge on any atom is 0.415 e. The molecule has 0 aliphatic rings. The van der Waals surface area contributed by atoms with E-state index < -0.39 is 17.5 Å². The summed E-state index contributed by atoms with van der Waals surface area (Å²) >= 11 is 2.50. The third kappa shape index (κ3) is 2.78. The molecule has 0 saturated carbocycles. The Morgan fingerprint density at radius 2 is 2.00 bits per heavy atom. The number of halogens is 4. The van der Waals surface area contributed by atoms with E-state index in [0.29, 0.717) is 0 Å². The van der Waals surface area contributed by atoms with Gasteiger partial charge in [0.25, 0.3) is 0 Å². The zero-order chi connectivity index (χ0) is 7.49. The van der Waals surface area contributed by atoms with Crippen molar-refractivity contribution < 1.29 is 13.2 Å². The van der Waals surface area contributed by atoms with E-state index in [1.165, 1.54) is 0 Å². The van der Waals surface area contributed by atoms with Crippen LogP contribution >= 0.6 is 15.9 Å². The van der Waals surface area contributed by atoms with Crippen molar-refractivity contribution in [1.82, 2.24) is 0 Å². The molecule has 0 spiro atoms. The Hall–Kier alpha value is -0.130. The molecular formula is C3H3BrF3NO. The minimum absolute atomic E-state index is 0.472. The topological polar surface area (TPSA) is 29.4 Å². The van der Waals surface area contributed by atoms with Gasteiger partial charge in [-0.15, -0.1) is 0 Å². The van der Waals surface area contributed by atoms with Gasteiger partial charge in [-0.2, -0.15) is 18.1 Å². The lowest BCUT2D eigenvalue weighted by atomic mass is 10.4. The zero-order valence-corrected chi connectivity index (χ0v) is 5.74. The molecular weight excluding hydrogens is 203 g/mol. The first-order valence-electron chi connectivity index (χ1n) is 1.97. The van der Waals surface area contributed by atoms with E-state index in [1.807, 2.05) is 5.18 Å². The molecule has 0 heterocycles. The van der Waals surface area contributed by atoms with Gasteiger partial charge in [0, 0.05) is 5.33 Å². The number of nitroso groups, excluding NO2 is 1. The molecule has 0 aliphatic carbocycles. The van der Waals surface area contributed by atoms with Gasteiger partial charge < -0.3 is 0 Å². The summed E-state index contributed by atoms with van der Waals surface area (Å²) in [4.78, 5) is 9.38. The number of rotatable bonds is 2. The van der Waals surface area contributed by atoms with Crippen molar-refractivity contribution in [3.63, 3.8) is 0 Å². The summed E-state index contributed by atoms with van der Waals surface area (Å²) in [6, 6.07) is -2.11. The minimum atomic E-state index is -4.51. The van der Waals surface area contributed by atoms with Gasteiger partial charge in [0.15, 0.2) is 6.04 Å². The molecule has 0 aromatic rings. The lowest BCUT2D eigenvalue weighted by molar-refractivity contribution is -0.141. The van der Waals surface area contributed by atoms with Gasteiger partial charge in [-0.05, 0) is 0 Å². The molecule has 0 fully saturated rings. The van der Waals surface area contributed by atoms with Gasteiger partial charge >= 0.3 is 6.18 Å². The van der Waals surface area contributed by atoms with Crippen LogP contribution in [-0.4, -0.2) is 17.5 Å². The van der Waals surface area contributed by atoms with Gasteiger partial charge in [-0.25, -0.2) is 0 Å². The third-order valence-corrected chi connectivity index (χ3v) is 1.26. The summed E-state index contributed by atoms with van der Waals surface area (Å²) in [7, 11) is 0. The second-order valence-corrected chi connectivity index (χ2v) is 1.96. The van der Waals surface area contributed by atoms with Gasteiger partial charge in [0.2, 0.25) is 0 Å². The highest BCUT2D eigenvalue weighted by Gasteiger charge is 2.40. The van der Waals surface area contributed by atoms with Crippen LogP contribution in [0, 0.1) is 4.91 Å². The SMILES string of the molecule is O=NC(CBr)C(F)(F)F. The lowest BCUT2D eigenvalue weighted by Crippen LogP contribution is -2.27. The van der Waals surface area contributed by atoms with E-state index in [4.69, 9.17) is 0 Å². The Labute approximate surface area is 57.5 Å². The summed E-state index contributed by atoms with van der Waals surface area (Å²) in [5.41, 5.74) is 0. The fraction of sp³-hybridized carbons (Fsp3) is 1.00. The van der Waals surface area contributed by atoms with E-state index >= 15 is 0 Å². The molecule has 0 amide bonds. The maximum atomic E-state index is 11.4. The fourth-order valence-corrected chi connectivity index (χ4v) is 0.661. The summed E-state index contributed by atoms with van der Waals surface area (Å²) < 4.78 is 34.2. The van der Waals surface area contributed by atoms with E-state index in [2.05, 4.69) is 15.9 Å². The highest BCUT2D eigenvalue weighted by Crippen LogP contribution is 2.23. The van der Waals surface area contributed by atoms with Crippen LogP contribution in [0.25, 0.3) is 0 Å². The minimum Gasteiger partial charge on any atom is -0.168 e. The first-order chi connectivity index (χ1) is 4.02. The highest BCUT2D eigenvalue weighted by molar-refractivity contribution is 9.09. The predicted molar refractivity (Wildman–Crippen MR) is 29.4 cm³/mol. The normalized spacial score (nSPS) is 15.1. The van der Waals surface area contributed by atoms with Crippen molar-refractivity contribution in [1.29, 1.82) is 0 Å². The van der Waals surface area contributed by atoms with Gasteiger partial charge in [-0.1, -0.05) is 21.1 Å². The van der Waals surface area contributed by atoms with E-state index in [9.17, 15) is 18.1 Å². The molecule has 54 valence electrons. The molecule has 1 unspecified atom stereocenters. The molecule has 6 heteroatoms. The van der Waals surface area contributed by atoms with Gasteiger partial charge in [0.1, 0.15) is 0 Å². The maximum absolute atomic E-state index is 11.4. The van der Waals surface area contributed by atoms with Crippen LogP contribution in [0.15, 0.2) is 5.18 Å². The monoisotopic (exact) mass is 205 g/mol. The smallest absolute Gasteiger partial charge is 0.168 e. The zero-order valence-electron chi connectivity index (χ0n) is 4.15. The summed E-state index contributed by atoms with van der Waals surface area (Å²) in [5, 5.41) is 1.38. The molecule has 0 aromatic heterocycles. The van der Waals surface area contributed by atoms with Crippen molar-refractivity contribution in [2.75, 3.05) is 5.33 Å². The van der Waals surface area contributed by atoms with Crippen LogP contribution in [0.3, 0.4) is 0 Å². The number of hydrogen-bond donors (Lipinski definition) is 0. The predicted octanol–water partition coefficient (Wildman–Crippen LogP) is 2.08. The first-order valence-corrected chi connectivity index (χ1v) is 3.09. The van der Waals surface area contributed by atoms with Crippen molar-refractivity contribution in [3.05, 3.63) is 4.91 Å². The number of hydrogen-bond acceptors (Lipinski definition) is 2. The average Bonchev–Trinajstić information content (AvgIpc) is 1.65. The summed E-state index contributed by atoms with van der Waals surface area (Å²) in [6.07, 6.45) is -4.51. The Morgan fingerprint density at radius 3 is 2.00 bits per heavy atom. The molecule has 2 nitrogen and oxygen atoms in total. The molecule has 0 aliphatic heterocycles. The Kier molecular flexibility index (Phi) is 3.10. The Morgan fingerprint density at radius 1 is 1.56 bits per heavy atom. The molecule has 0 saturated heterocycles. The standard InChI is InChI=1S/C3H3BrF3NO/c4-1-2(8-9)3(5,6)7/h2H,1H2. The first kappa shape index (κ1) is 8.87. The highest BCUT2D eigenvalue weighted by atomic mass is 79.9. The number of nitrogens with zero attached hydrogens (tertiary/aromatic N) is 1. The molecule has 1 atom stereocenters. The molecule has 0 aromatic carbocycles. The van der Waals surface area contributed by atoms with Crippen LogP contribution in [0.1, 0.15) is 0 Å². The molecule has 0 bridgehead atoms. The second kappa shape index (κ2) is 3.14. The quantitative estimate of drug-likeness (QED) is 0.502. The Balaban J connectivity index is 3.94. The molecule has 9 heavy (non-hydrogen) atoms. The van der Waals surface area contributed by atoms with Crippen LogP contribution in [-0.2, 0) is 0 Å². The van der Waals surface area contributed by atoms with Crippen LogP contribution < -0.4 is 0 Å². The second-order valence-electron chi connectivity index (χ2n) is 1.32.